The average Bonchev–Trinajstić information content (AvgIpc) is 3.28. The predicted octanol–water partition coefficient (Wildman–Crippen LogP) is 7.92. The molecule has 0 amide bonds. The molecule has 0 aliphatic carbocycles. The van der Waals surface area contributed by atoms with Crippen LogP contribution in [0.15, 0.2) is 71.4 Å². The Kier molecular flexibility index (Phi) is 8.90. The fourth-order valence-corrected chi connectivity index (χ4v) is 4.05. The van der Waals surface area contributed by atoms with Crippen molar-refractivity contribution in [2.45, 2.75) is 65.2 Å². The molecule has 0 fully saturated rings. The molecule has 0 aliphatic heterocycles. The van der Waals surface area contributed by atoms with E-state index in [1.807, 2.05) is 44.2 Å². The van der Waals surface area contributed by atoms with Crippen molar-refractivity contribution in [1.82, 2.24) is 0 Å². The lowest BCUT2D eigenvalue weighted by molar-refractivity contribution is 0.104. The van der Waals surface area contributed by atoms with Crippen LogP contribution in [-0.4, -0.2) is 5.78 Å². The summed E-state index contributed by atoms with van der Waals surface area (Å²) in [5.74, 6) is 1.17. The molecule has 0 saturated carbocycles. The van der Waals surface area contributed by atoms with Gasteiger partial charge in [-0.15, -0.1) is 0 Å². The molecular formula is C29H34O2. The van der Waals surface area contributed by atoms with Gasteiger partial charge < -0.3 is 4.42 Å². The summed E-state index contributed by atoms with van der Waals surface area (Å²) in [6, 6.07) is 18.4. The summed E-state index contributed by atoms with van der Waals surface area (Å²) in [4.78, 5) is 12.6. The Morgan fingerprint density at radius 2 is 1.58 bits per heavy atom. The summed E-state index contributed by atoms with van der Waals surface area (Å²) in [5.41, 5.74) is 5.48. The topological polar surface area (TPSA) is 30.2 Å². The molecule has 1 aromatic heterocycles. The number of ketones is 1. The normalized spacial score (nSPS) is 11.3. The summed E-state index contributed by atoms with van der Waals surface area (Å²) in [7, 11) is 0. The molecule has 0 radical (unpaired) electrons. The number of hydrogen-bond donors (Lipinski definition) is 0. The van der Waals surface area contributed by atoms with E-state index in [2.05, 4.69) is 30.3 Å². The quantitative estimate of drug-likeness (QED) is 0.171. The Bertz CT molecular complexity index is 980. The Balaban J connectivity index is 1.42. The molecule has 2 nitrogen and oxygen atoms in total. The van der Waals surface area contributed by atoms with E-state index in [-0.39, 0.29) is 5.78 Å². The average molecular weight is 415 g/mol. The van der Waals surface area contributed by atoms with Gasteiger partial charge in [-0.2, -0.15) is 0 Å². The number of benzene rings is 2. The van der Waals surface area contributed by atoms with Gasteiger partial charge in [-0.25, -0.2) is 0 Å². The van der Waals surface area contributed by atoms with E-state index >= 15 is 0 Å². The number of unbranched alkanes of at least 4 members (excludes halogenated alkanes) is 5. The molecule has 2 heteroatoms. The maximum Gasteiger partial charge on any atom is 0.186 e. The zero-order valence-corrected chi connectivity index (χ0v) is 18.9. The molecule has 162 valence electrons. The minimum Gasteiger partial charge on any atom is -0.469 e. The lowest BCUT2D eigenvalue weighted by atomic mass is 9.98. The molecule has 0 aliphatic rings. The second kappa shape index (κ2) is 12.1. The van der Waals surface area contributed by atoms with E-state index in [1.165, 1.54) is 49.7 Å². The van der Waals surface area contributed by atoms with Crippen LogP contribution < -0.4 is 0 Å². The highest BCUT2D eigenvalue weighted by molar-refractivity contribution is 6.07. The Morgan fingerprint density at radius 3 is 2.32 bits per heavy atom. The summed E-state index contributed by atoms with van der Waals surface area (Å²) in [6.07, 6.45) is 15.0. The number of rotatable bonds is 12. The van der Waals surface area contributed by atoms with Crippen molar-refractivity contribution < 1.29 is 9.21 Å². The molecule has 3 rings (SSSR count). The van der Waals surface area contributed by atoms with Gasteiger partial charge in [-0.05, 0) is 68.0 Å². The molecule has 0 unspecified atom stereocenters. The number of hydrogen-bond acceptors (Lipinski definition) is 2. The highest BCUT2D eigenvalue weighted by Gasteiger charge is 2.06. The fraction of sp³-hybridized carbons (Fsp3) is 0.345. The zero-order valence-electron chi connectivity index (χ0n) is 18.9. The standard InChI is InChI=1S/C29H34O2/c1-23-17-19-28(24(2)22-23)29(30)20-18-26-14-10-9-13-25(26)12-7-5-3-4-6-8-15-27-16-11-21-31-27/h9-11,13-14,16-22H,3-8,12,15H2,1-2H3/b20-18+. The van der Waals surface area contributed by atoms with Crippen LogP contribution in [0.5, 0.6) is 0 Å². The summed E-state index contributed by atoms with van der Waals surface area (Å²) in [5, 5.41) is 0. The van der Waals surface area contributed by atoms with Crippen LogP contribution >= 0.6 is 0 Å². The van der Waals surface area contributed by atoms with E-state index in [0.29, 0.717) is 0 Å². The van der Waals surface area contributed by atoms with Gasteiger partial charge >= 0.3 is 0 Å². The second-order valence-electron chi connectivity index (χ2n) is 8.42. The van der Waals surface area contributed by atoms with Crippen molar-refractivity contribution in [3.05, 3.63) is 101 Å². The van der Waals surface area contributed by atoms with Crippen LogP contribution in [0.2, 0.25) is 0 Å². The first-order chi connectivity index (χ1) is 15.1. The van der Waals surface area contributed by atoms with Gasteiger partial charge in [-0.3, -0.25) is 4.79 Å². The second-order valence-corrected chi connectivity index (χ2v) is 8.42. The van der Waals surface area contributed by atoms with Crippen LogP contribution in [0.4, 0.5) is 0 Å². The first-order valence-electron chi connectivity index (χ1n) is 11.5. The van der Waals surface area contributed by atoms with Crippen LogP contribution in [-0.2, 0) is 12.8 Å². The molecule has 0 atom stereocenters. The SMILES string of the molecule is Cc1ccc(C(=O)/C=C/c2ccccc2CCCCCCCCc2ccco2)c(C)c1. The predicted molar refractivity (Wildman–Crippen MR) is 130 cm³/mol. The lowest BCUT2D eigenvalue weighted by Gasteiger charge is -2.07. The van der Waals surface area contributed by atoms with Gasteiger partial charge in [0.05, 0.1) is 6.26 Å². The molecular weight excluding hydrogens is 380 g/mol. The van der Waals surface area contributed by atoms with Gasteiger partial charge in [0.15, 0.2) is 5.78 Å². The molecule has 2 aromatic carbocycles. The first-order valence-corrected chi connectivity index (χ1v) is 11.5. The van der Waals surface area contributed by atoms with Gasteiger partial charge in [0.25, 0.3) is 0 Å². The maximum atomic E-state index is 12.6. The van der Waals surface area contributed by atoms with E-state index in [4.69, 9.17) is 4.42 Å². The zero-order chi connectivity index (χ0) is 21.9. The van der Waals surface area contributed by atoms with Crippen LogP contribution in [0.1, 0.15) is 76.9 Å². The van der Waals surface area contributed by atoms with Gasteiger partial charge in [0.2, 0.25) is 0 Å². The highest BCUT2D eigenvalue weighted by atomic mass is 16.3. The van der Waals surface area contributed by atoms with Crippen LogP contribution in [0.3, 0.4) is 0 Å². The van der Waals surface area contributed by atoms with Crippen molar-refractivity contribution in [3.8, 4) is 0 Å². The molecule has 0 bridgehead atoms. The Labute approximate surface area is 187 Å². The van der Waals surface area contributed by atoms with Gasteiger partial charge in [-0.1, -0.05) is 79.8 Å². The summed E-state index contributed by atoms with van der Waals surface area (Å²) in [6.45, 7) is 4.05. The van der Waals surface area contributed by atoms with Crippen molar-refractivity contribution >= 4 is 11.9 Å². The Hall–Kier alpha value is -2.87. The number of furan rings is 1. The molecule has 0 spiro atoms. The number of carbonyl (C=O) groups excluding carboxylic acids is 1. The number of aryl methyl sites for hydroxylation is 4. The lowest BCUT2D eigenvalue weighted by Crippen LogP contribution is -1.98. The van der Waals surface area contributed by atoms with Gasteiger partial charge in [0.1, 0.15) is 5.76 Å². The Morgan fingerprint density at radius 1 is 0.839 bits per heavy atom. The molecule has 0 N–H and O–H groups in total. The van der Waals surface area contributed by atoms with E-state index in [1.54, 1.807) is 12.3 Å². The number of carbonyl (C=O) groups is 1. The highest BCUT2D eigenvalue weighted by Crippen LogP contribution is 2.18. The summed E-state index contributed by atoms with van der Waals surface area (Å²) < 4.78 is 5.38. The molecule has 0 saturated heterocycles. The van der Waals surface area contributed by atoms with Crippen LogP contribution in [0, 0.1) is 13.8 Å². The van der Waals surface area contributed by atoms with Crippen molar-refractivity contribution in [2.24, 2.45) is 0 Å². The van der Waals surface area contributed by atoms with Crippen molar-refractivity contribution in [2.75, 3.05) is 0 Å². The van der Waals surface area contributed by atoms with Crippen LogP contribution in [0.25, 0.3) is 6.08 Å². The molecule has 1 heterocycles. The summed E-state index contributed by atoms with van der Waals surface area (Å²) >= 11 is 0. The first kappa shape index (κ1) is 22.8. The molecule has 3 aromatic rings. The van der Waals surface area contributed by atoms with E-state index in [9.17, 15) is 4.79 Å². The third-order valence-electron chi connectivity index (χ3n) is 5.82. The van der Waals surface area contributed by atoms with Crippen molar-refractivity contribution in [1.29, 1.82) is 0 Å². The molecule has 31 heavy (non-hydrogen) atoms. The fourth-order valence-electron chi connectivity index (χ4n) is 4.05. The largest absolute Gasteiger partial charge is 0.469 e. The monoisotopic (exact) mass is 414 g/mol. The van der Waals surface area contributed by atoms with Gasteiger partial charge in [0, 0.05) is 12.0 Å². The van der Waals surface area contributed by atoms with E-state index in [0.717, 1.165) is 35.3 Å². The minimum atomic E-state index is 0.0712. The maximum absolute atomic E-state index is 12.6. The third kappa shape index (κ3) is 7.40. The number of allylic oxidation sites excluding steroid dienone is 1. The van der Waals surface area contributed by atoms with E-state index < -0.39 is 0 Å². The minimum absolute atomic E-state index is 0.0712. The van der Waals surface area contributed by atoms with Crippen molar-refractivity contribution in [3.63, 3.8) is 0 Å². The third-order valence-corrected chi connectivity index (χ3v) is 5.82. The smallest absolute Gasteiger partial charge is 0.186 e.